The summed E-state index contributed by atoms with van der Waals surface area (Å²) in [7, 11) is -4.21. The Morgan fingerprint density at radius 3 is 1.33 bits per heavy atom. The van der Waals surface area contributed by atoms with E-state index in [2.05, 4.69) is 13.8 Å². The molecule has 1 N–H and O–H groups in total. The maximum atomic E-state index is 11.5. The van der Waals surface area contributed by atoms with Crippen LogP contribution < -0.4 is 51.4 Å². The molecule has 4 nitrogen and oxygen atoms in total. The van der Waals surface area contributed by atoms with E-state index in [-0.39, 0.29) is 57.5 Å². The Kier molecular flexibility index (Phi) is 26.6. The van der Waals surface area contributed by atoms with Gasteiger partial charge in [-0.05, 0) is 25.7 Å². The monoisotopic (exact) mass is 472 g/mol. The summed E-state index contributed by atoms with van der Waals surface area (Å²) in [6, 6.07) is 0. The van der Waals surface area contributed by atoms with Crippen LogP contribution in [0.5, 0.6) is 0 Å². The van der Waals surface area contributed by atoms with Gasteiger partial charge in [0, 0.05) is 5.25 Å². The molecule has 0 aliphatic rings. The first-order valence-electron chi connectivity index (χ1n) is 12.5. The quantitative estimate of drug-likeness (QED) is 0.146. The fraction of sp³-hybridized carbons (Fsp3) is 1.00. The van der Waals surface area contributed by atoms with E-state index in [4.69, 9.17) is 0 Å². The van der Waals surface area contributed by atoms with Crippen LogP contribution in [0.15, 0.2) is 0 Å². The minimum Gasteiger partial charge on any atom is -0.748 e. The fourth-order valence-electron chi connectivity index (χ4n) is 4.00. The molecule has 0 aromatic rings. The van der Waals surface area contributed by atoms with E-state index in [1.165, 1.54) is 64.2 Å². The average molecular weight is 473 g/mol. The summed E-state index contributed by atoms with van der Waals surface area (Å²) in [6.07, 6.45) is 20.5. The minimum absolute atomic E-state index is 0. The van der Waals surface area contributed by atoms with E-state index < -0.39 is 15.4 Å². The standard InChI is InChI=1S/C24H50O4S.K/c1-3-5-7-9-10-11-12-13-14-16-21-24(29(26,27)28)22-18-17-20-23(25)19-15-8-6-4-2;/h23-25H,3-22H2,1-2H3,(H,26,27,28);/q;+1/p-1. The van der Waals surface area contributed by atoms with Gasteiger partial charge in [0.05, 0.1) is 16.2 Å². The molecule has 0 spiro atoms. The molecule has 0 aromatic carbocycles. The largest absolute Gasteiger partial charge is 1.00 e. The predicted octanol–water partition coefficient (Wildman–Crippen LogP) is 4.11. The molecule has 2 unspecified atom stereocenters. The van der Waals surface area contributed by atoms with Gasteiger partial charge in [0.15, 0.2) is 0 Å². The van der Waals surface area contributed by atoms with Gasteiger partial charge in [-0.1, -0.05) is 117 Å². The van der Waals surface area contributed by atoms with Gasteiger partial charge in [-0.15, -0.1) is 0 Å². The number of rotatable bonds is 22. The summed E-state index contributed by atoms with van der Waals surface area (Å²) in [4.78, 5) is 0. The number of unbranched alkanes of at least 4 members (excludes halogenated alkanes) is 13. The molecule has 6 heteroatoms. The van der Waals surface area contributed by atoms with Crippen molar-refractivity contribution in [1.82, 2.24) is 0 Å². The van der Waals surface area contributed by atoms with Gasteiger partial charge in [-0.3, -0.25) is 0 Å². The van der Waals surface area contributed by atoms with Crippen molar-refractivity contribution in [3.05, 3.63) is 0 Å². The second kappa shape index (κ2) is 23.7. The molecule has 0 radical (unpaired) electrons. The van der Waals surface area contributed by atoms with Crippen LogP contribution >= 0.6 is 0 Å². The normalized spacial score (nSPS) is 13.7. The molecule has 0 fully saturated rings. The zero-order valence-corrected chi connectivity index (χ0v) is 24.3. The summed E-state index contributed by atoms with van der Waals surface area (Å²) < 4.78 is 34.6. The molecule has 0 aliphatic heterocycles. The Labute approximate surface area is 230 Å². The van der Waals surface area contributed by atoms with Gasteiger partial charge in [-0.25, -0.2) is 8.42 Å². The van der Waals surface area contributed by atoms with E-state index in [1.54, 1.807) is 0 Å². The fourth-order valence-corrected chi connectivity index (χ4v) is 4.91. The van der Waals surface area contributed by atoms with Crippen LogP contribution in [0.25, 0.3) is 0 Å². The summed E-state index contributed by atoms with van der Waals surface area (Å²) >= 11 is 0. The Bertz CT molecular complexity index is 442. The molecule has 0 aromatic heterocycles. The topological polar surface area (TPSA) is 77.4 Å². The molecule has 176 valence electrons. The first kappa shape index (κ1) is 33.7. The molecule has 0 saturated heterocycles. The molecule has 30 heavy (non-hydrogen) atoms. The number of aliphatic hydroxyl groups excluding tert-OH is 1. The maximum Gasteiger partial charge on any atom is 1.00 e. The van der Waals surface area contributed by atoms with Crippen LogP contribution in [0.4, 0.5) is 0 Å². The third kappa shape index (κ3) is 22.7. The van der Waals surface area contributed by atoms with Crippen molar-refractivity contribution in [2.45, 2.75) is 154 Å². The van der Waals surface area contributed by atoms with E-state index in [0.29, 0.717) is 12.8 Å². The van der Waals surface area contributed by atoms with Crippen LogP contribution in [0, 0.1) is 0 Å². The Morgan fingerprint density at radius 2 is 0.900 bits per heavy atom. The van der Waals surface area contributed by atoms with Crippen molar-refractivity contribution in [3.8, 4) is 0 Å². The molecule has 0 rings (SSSR count). The number of hydrogen-bond donors (Lipinski definition) is 1. The van der Waals surface area contributed by atoms with E-state index in [9.17, 15) is 18.1 Å². The first-order chi connectivity index (χ1) is 13.9. The molecule has 2 atom stereocenters. The predicted molar refractivity (Wildman–Crippen MR) is 123 cm³/mol. The van der Waals surface area contributed by atoms with Gasteiger partial charge < -0.3 is 9.66 Å². The van der Waals surface area contributed by atoms with E-state index in [0.717, 1.165) is 51.4 Å². The van der Waals surface area contributed by atoms with Crippen molar-refractivity contribution in [3.63, 3.8) is 0 Å². The molecule has 0 bridgehead atoms. The van der Waals surface area contributed by atoms with Crippen LogP contribution in [0.2, 0.25) is 0 Å². The summed E-state index contributed by atoms with van der Waals surface area (Å²) in [5.74, 6) is 0. The van der Waals surface area contributed by atoms with Gasteiger partial charge >= 0.3 is 51.4 Å². The van der Waals surface area contributed by atoms with Crippen LogP contribution in [-0.4, -0.2) is 29.4 Å². The zero-order valence-electron chi connectivity index (χ0n) is 20.4. The van der Waals surface area contributed by atoms with Gasteiger partial charge in [-0.2, -0.15) is 0 Å². The first-order valence-corrected chi connectivity index (χ1v) is 14.0. The summed E-state index contributed by atoms with van der Waals surface area (Å²) in [5.41, 5.74) is 0. The SMILES string of the molecule is CCCCCCCCCCCCC(CCCCC(O)CCCCCC)S(=O)(=O)[O-].[K+]. The molecule has 0 aliphatic carbocycles. The van der Waals surface area contributed by atoms with Crippen molar-refractivity contribution >= 4 is 10.1 Å². The van der Waals surface area contributed by atoms with Crippen molar-refractivity contribution in [1.29, 1.82) is 0 Å². The molecule has 0 saturated carbocycles. The zero-order chi connectivity index (χ0) is 21.8. The van der Waals surface area contributed by atoms with Crippen molar-refractivity contribution < 1.29 is 69.5 Å². The van der Waals surface area contributed by atoms with Gasteiger partial charge in [0.2, 0.25) is 0 Å². The average Bonchev–Trinajstić information content (AvgIpc) is 2.67. The smallest absolute Gasteiger partial charge is 0.748 e. The third-order valence-electron chi connectivity index (χ3n) is 5.99. The van der Waals surface area contributed by atoms with Crippen molar-refractivity contribution in [2.24, 2.45) is 0 Å². The maximum absolute atomic E-state index is 11.5. The Balaban J connectivity index is 0. The van der Waals surface area contributed by atoms with Crippen LogP contribution in [0.1, 0.15) is 142 Å². The summed E-state index contributed by atoms with van der Waals surface area (Å²) in [6.45, 7) is 4.40. The van der Waals surface area contributed by atoms with Crippen LogP contribution in [0.3, 0.4) is 0 Å². The van der Waals surface area contributed by atoms with Gasteiger partial charge in [0.25, 0.3) is 0 Å². The molecule has 0 heterocycles. The third-order valence-corrected chi connectivity index (χ3v) is 7.28. The summed E-state index contributed by atoms with van der Waals surface area (Å²) in [5, 5.41) is 9.26. The minimum atomic E-state index is -4.21. The number of hydrogen-bond acceptors (Lipinski definition) is 4. The Morgan fingerprint density at radius 1 is 0.600 bits per heavy atom. The molecular weight excluding hydrogens is 423 g/mol. The molecular formula is C24H49KO4S. The second-order valence-electron chi connectivity index (χ2n) is 8.87. The van der Waals surface area contributed by atoms with Crippen LogP contribution in [-0.2, 0) is 10.1 Å². The van der Waals surface area contributed by atoms with E-state index >= 15 is 0 Å². The Hall–Kier alpha value is 1.51. The molecule has 0 amide bonds. The van der Waals surface area contributed by atoms with E-state index in [1.807, 2.05) is 0 Å². The van der Waals surface area contributed by atoms with Crippen molar-refractivity contribution in [2.75, 3.05) is 0 Å². The second-order valence-corrected chi connectivity index (χ2v) is 10.5. The number of aliphatic hydroxyl groups is 1. The van der Waals surface area contributed by atoms with Gasteiger partial charge in [0.1, 0.15) is 0 Å².